The van der Waals surface area contributed by atoms with Crippen LogP contribution in [0.25, 0.3) is 43.5 Å². The molecule has 0 atom stereocenters. The molecule has 0 saturated carbocycles. The summed E-state index contributed by atoms with van der Waals surface area (Å²) in [5.41, 5.74) is 3.19. The fourth-order valence-corrected chi connectivity index (χ4v) is 7.80. The average molecular weight is 622 g/mol. The van der Waals surface area contributed by atoms with Gasteiger partial charge in [0.25, 0.3) is 10.0 Å². The van der Waals surface area contributed by atoms with E-state index in [0.717, 1.165) is 68.2 Å². The summed E-state index contributed by atoms with van der Waals surface area (Å²) < 4.78 is 73.2. The van der Waals surface area contributed by atoms with E-state index < -0.39 is 40.8 Å². The van der Waals surface area contributed by atoms with Gasteiger partial charge >= 0.3 is 12.1 Å². The fraction of sp³-hybridized carbons (Fsp3) is 0.0938. The number of para-hydroxylation sites is 2. The topological polar surface area (TPSA) is 87.8 Å². The van der Waals surface area contributed by atoms with Gasteiger partial charge in [-0.25, -0.2) is 8.42 Å². The van der Waals surface area contributed by atoms with Gasteiger partial charge in [0.15, 0.2) is 0 Å². The molecule has 1 N–H and O–H groups in total. The summed E-state index contributed by atoms with van der Waals surface area (Å²) in [6.07, 6.45) is -4.62. The van der Waals surface area contributed by atoms with E-state index in [2.05, 4.69) is 0 Å². The van der Waals surface area contributed by atoms with Crippen molar-refractivity contribution >= 4 is 49.3 Å². The van der Waals surface area contributed by atoms with Crippen molar-refractivity contribution in [3.63, 3.8) is 0 Å². The molecule has 0 radical (unpaired) electrons. The summed E-state index contributed by atoms with van der Waals surface area (Å²) in [5.74, 6) is -1.43. The number of hydrogen-bond donors (Lipinski definition) is 1. The molecule has 6 aromatic rings. The normalized spacial score (nSPS) is 12.4. The highest BCUT2D eigenvalue weighted by molar-refractivity contribution is 7.91. The molecular weight excluding hydrogens is 599 g/mol. The van der Waals surface area contributed by atoms with Crippen LogP contribution in [0.5, 0.6) is 0 Å². The fourth-order valence-electron chi connectivity index (χ4n) is 4.96. The van der Waals surface area contributed by atoms with Crippen LogP contribution >= 0.6 is 11.3 Å². The van der Waals surface area contributed by atoms with E-state index in [0.29, 0.717) is 9.18 Å². The van der Waals surface area contributed by atoms with Gasteiger partial charge in [-0.3, -0.25) is 4.79 Å². The molecule has 0 aliphatic rings. The second kappa shape index (κ2) is 11.0. The average Bonchev–Trinajstić information content (AvgIpc) is 3.63. The van der Waals surface area contributed by atoms with Gasteiger partial charge in [-0.15, -0.1) is 11.3 Å². The number of sulfonamides is 1. The number of aliphatic carboxylic acids is 1. The predicted octanol–water partition coefficient (Wildman–Crippen LogP) is 8.28. The minimum atomic E-state index is -4.62. The Balaban J connectivity index is 1.28. The van der Waals surface area contributed by atoms with Crippen molar-refractivity contribution in [1.82, 2.24) is 4.31 Å². The Kier molecular flexibility index (Phi) is 7.33. The minimum Gasteiger partial charge on any atom is -0.480 e. The van der Waals surface area contributed by atoms with E-state index in [1.807, 2.05) is 66.7 Å². The van der Waals surface area contributed by atoms with Crippen LogP contribution < -0.4 is 0 Å². The highest BCUT2D eigenvalue weighted by atomic mass is 32.2. The van der Waals surface area contributed by atoms with Crippen molar-refractivity contribution in [3.05, 3.63) is 114 Å². The van der Waals surface area contributed by atoms with Gasteiger partial charge in [-0.1, -0.05) is 78.9 Å². The molecule has 11 heteroatoms. The predicted molar refractivity (Wildman–Crippen MR) is 159 cm³/mol. The molecule has 0 aliphatic carbocycles. The van der Waals surface area contributed by atoms with Crippen molar-refractivity contribution < 1.29 is 35.9 Å². The lowest BCUT2D eigenvalue weighted by Crippen LogP contribution is -2.34. The van der Waals surface area contributed by atoms with E-state index in [-0.39, 0.29) is 9.77 Å². The maximum absolute atomic E-state index is 13.5. The number of thiophene rings is 1. The van der Waals surface area contributed by atoms with E-state index in [4.69, 9.17) is 4.42 Å². The zero-order chi connectivity index (χ0) is 30.4. The Hall–Kier alpha value is -4.45. The third-order valence-corrected chi connectivity index (χ3v) is 10.4. The number of hydrogen-bond acceptors (Lipinski definition) is 5. The quantitative estimate of drug-likeness (QED) is 0.185. The Bertz CT molecular complexity index is 2080. The lowest BCUT2D eigenvalue weighted by atomic mass is 10.0. The molecule has 0 unspecified atom stereocenters. The van der Waals surface area contributed by atoms with Crippen molar-refractivity contribution in [2.75, 3.05) is 6.54 Å². The summed E-state index contributed by atoms with van der Waals surface area (Å²) in [5, 5.41) is 11.4. The molecule has 0 spiro atoms. The number of alkyl halides is 3. The van der Waals surface area contributed by atoms with E-state index in [9.17, 15) is 31.5 Å². The number of carbonyl (C=O) groups is 1. The molecule has 218 valence electrons. The number of benzene rings is 4. The van der Waals surface area contributed by atoms with Crippen LogP contribution in [0.15, 0.2) is 112 Å². The van der Waals surface area contributed by atoms with Crippen molar-refractivity contribution in [1.29, 1.82) is 0 Å². The molecule has 6 nitrogen and oxygen atoms in total. The van der Waals surface area contributed by atoms with E-state index in [1.165, 1.54) is 12.1 Å². The molecule has 4 aromatic carbocycles. The van der Waals surface area contributed by atoms with Crippen LogP contribution in [-0.2, 0) is 27.5 Å². The largest absolute Gasteiger partial charge is 0.480 e. The van der Waals surface area contributed by atoms with Gasteiger partial charge in [-0.2, -0.15) is 17.5 Å². The number of halogens is 3. The first-order chi connectivity index (χ1) is 20.5. The van der Waals surface area contributed by atoms with Gasteiger partial charge in [0.1, 0.15) is 21.9 Å². The molecule has 2 aromatic heterocycles. The third-order valence-electron chi connectivity index (χ3n) is 6.99. The first-order valence-electron chi connectivity index (χ1n) is 13.0. The first-order valence-corrected chi connectivity index (χ1v) is 15.3. The summed E-state index contributed by atoms with van der Waals surface area (Å²) in [4.78, 5) is 12.1. The summed E-state index contributed by atoms with van der Waals surface area (Å²) in [6, 6.07) is 28.4. The lowest BCUT2D eigenvalue weighted by Gasteiger charge is -2.20. The molecule has 0 aliphatic heterocycles. The van der Waals surface area contributed by atoms with Gasteiger partial charge in [0.2, 0.25) is 0 Å². The van der Waals surface area contributed by atoms with E-state index >= 15 is 0 Å². The molecule has 0 saturated heterocycles. The molecule has 43 heavy (non-hydrogen) atoms. The van der Waals surface area contributed by atoms with Crippen molar-refractivity contribution in [2.45, 2.75) is 16.9 Å². The van der Waals surface area contributed by atoms with Crippen LogP contribution in [0.4, 0.5) is 13.2 Å². The summed E-state index contributed by atoms with van der Waals surface area (Å²) >= 11 is 0.952. The third kappa shape index (κ3) is 5.66. The summed E-state index contributed by atoms with van der Waals surface area (Å²) in [6.45, 7) is -1.44. The molecule has 0 fully saturated rings. The zero-order valence-electron chi connectivity index (χ0n) is 22.2. The Morgan fingerprint density at radius 1 is 0.837 bits per heavy atom. The Morgan fingerprint density at radius 3 is 2.28 bits per heavy atom. The lowest BCUT2D eigenvalue weighted by molar-refractivity contribution is -0.138. The number of furan rings is 1. The molecule has 2 heterocycles. The van der Waals surface area contributed by atoms with Crippen molar-refractivity contribution in [2.24, 2.45) is 0 Å². The van der Waals surface area contributed by atoms with Crippen LogP contribution in [0.2, 0.25) is 0 Å². The summed E-state index contributed by atoms with van der Waals surface area (Å²) in [7, 11) is -4.34. The number of carboxylic acids is 1. The van der Waals surface area contributed by atoms with Gasteiger partial charge < -0.3 is 9.52 Å². The standard InChI is InChI=1S/C32H22F3NO5S2/c33-32(34,35)23-6-3-5-20(17-23)18-36(19-29(37)38)43(39,40)30-16-15-28(42-30)22-13-11-21(12-14-22)24-8-4-9-26-25-7-1-2-10-27(25)41-31(24)26/h1-17H,18-19H2,(H,37,38). The second-order valence-corrected chi connectivity index (χ2v) is 13.1. The van der Waals surface area contributed by atoms with Crippen LogP contribution in [0.1, 0.15) is 11.1 Å². The zero-order valence-corrected chi connectivity index (χ0v) is 23.8. The molecular formula is C32H22F3NO5S2. The minimum absolute atomic E-state index is 0.0199. The van der Waals surface area contributed by atoms with Gasteiger partial charge in [0, 0.05) is 27.8 Å². The molecule has 6 rings (SSSR count). The molecule has 0 amide bonds. The monoisotopic (exact) mass is 621 g/mol. The van der Waals surface area contributed by atoms with Crippen LogP contribution in [0.3, 0.4) is 0 Å². The number of fused-ring (bicyclic) bond motifs is 3. The number of carboxylic acid groups (broad SMARTS) is 1. The smallest absolute Gasteiger partial charge is 0.416 e. The SMILES string of the molecule is O=C(O)CN(Cc1cccc(C(F)(F)F)c1)S(=O)(=O)c1ccc(-c2ccc(-c3cccc4c3oc3ccccc34)cc2)s1. The maximum Gasteiger partial charge on any atom is 0.416 e. The first kappa shape index (κ1) is 28.7. The number of rotatable bonds is 8. The highest BCUT2D eigenvalue weighted by Crippen LogP contribution is 2.38. The van der Waals surface area contributed by atoms with Crippen molar-refractivity contribution in [3.8, 4) is 21.6 Å². The maximum atomic E-state index is 13.5. The van der Waals surface area contributed by atoms with Crippen LogP contribution in [-0.4, -0.2) is 30.3 Å². The Labute approximate surface area is 248 Å². The van der Waals surface area contributed by atoms with Gasteiger partial charge in [-0.05, 0) is 41.0 Å². The molecule has 0 bridgehead atoms. The number of nitrogens with zero attached hydrogens (tertiary/aromatic N) is 1. The van der Waals surface area contributed by atoms with E-state index in [1.54, 1.807) is 6.07 Å². The Morgan fingerprint density at radius 2 is 1.53 bits per heavy atom. The highest BCUT2D eigenvalue weighted by Gasteiger charge is 2.32. The van der Waals surface area contributed by atoms with Crippen LogP contribution in [0, 0.1) is 0 Å². The van der Waals surface area contributed by atoms with Gasteiger partial charge in [0.05, 0.1) is 5.56 Å². The second-order valence-electron chi connectivity index (χ2n) is 9.84.